The number of fused-ring (bicyclic) bond motifs is 1. The first kappa shape index (κ1) is 17.8. The molecule has 0 bridgehead atoms. The number of hydrogen-bond donors (Lipinski definition) is 1. The predicted octanol–water partition coefficient (Wildman–Crippen LogP) is 3.84. The van der Waals surface area contributed by atoms with Gasteiger partial charge in [0.15, 0.2) is 11.5 Å². The summed E-state index contributed by atoms with van der Waals surface area (Å²) in [6.07, 6.45) is 3.44. The van der Waals surface area contributed by atoms with Gasteiger partial charge in [0.2, 0.25) is 5.91 Å². The van der Waals surface area contributed by atoms with Gasteiger partial charge >= 0.3 is 0 Å². The SMILES string of the molecule is CC(C)(C)C(=O)Nc1cccc(-c2ccc3nnc(-c4cccnc4)n3n2)c1. The van der Waals surface area contributed by atoms with Crippen LogP contribution in [0.3, 0.4) is 0 Å². The number of carbonyl (C=O) groups excluding carboxylic acids is 1. The zero-order chi connectivity index (χ0) is 19.7. The molecule has 0 saturated heterocycles. The molecule has 0 unspecified atom stereocenters. The summed E-state index contributed by atoms with van der Waals surface area (Å²) in [6, 6.07) is 15.2. The maximum absolute atomic E-state index is 12.3. The highest BCUT2D eigenvalue weighted by atomic mass is 16.2. The summed E-state index contributed by atoms with van der Waals surface area (Å²) in [7, 11) is 0. The first-order valence-corrected chi connectivity index (χ1v) is 8.96. The second-order valence-corrected chi connectivity index (χ2v) is 7.54. The Morgan fingerprint density at radius 3 is 2.57 bits per heavy atom. The zero-order valence-corrected chi connectivity index (χ0v) is 15.9. The van der Waals surface area contributed by atoms with Crippen molar-refractivity contribution in [1.82, 2.24) is 24.8 Å². The number of carbonyl (C=O) groups is 1. The molecular weight excluding hydrogens is 352 g/mol. The fraction of sp³-hybridized carbons (Fsp3) is 0.190. The van der Waals surface area contributed by atoms with E-state index in [1.807, 2.05) is 69.3 Å². The van der Waals surface area contributed by atoms with Gasteiger partial charge in [-0.05, 0) is 36.4 Å². The van der Waals surface area contributed by atoms with Crippen molar-refractivity contribution >= 4 is 17.2 Å². The van der Waals surface area contributed by atoms with Crippen molar-refractivity contribution in [2.45, 2.75) is 20.8 Å². The van der Waals surface area contributed by atoms with E-state index in [1.54, 1.807) is 16.9 Å². The van der Waals surface area contributed by atoms with Crippen LogP contribution >= 0.6 is 0 Å². The Morgan fingerprint density at radius 1 is 1.00 bits per heavy atom. The van der Waals surface area contributed by atoms with E-state index < -0.39 is 5.41 Å². The van der Waals surface area contributed by atoms with Crippen molar-refractivity contribution in [3.63, 3.8) is 0 Å². The van der Waals surface area contributed by atoms with Gasteiger partial charge in [0.1, 0.15) is 0 Å². The van der Waals surface area contributed by atoms with E-state index in [9.17, 15) is 4.79 Å². The second kappa shape index (κ2) is 6.84. The lowest BCUT2D eigenvalue weighted by molar-refractivity contribution is -0.123. The second-order valence-electron chi connectivity index (χ2n) is 7.54. The number of hydrogen-bond acceptors (Lipinski definition) is 5. The third-order valence-corrected chi connectivity index (χ3v) is 4.28. The van der Waals surface area contributed by atoms with E-state index in [-0.39, 0.29) is 5.91 Å². The number of benzene rings is 1. The molecule has 0 aliphatic carbocycles. The molecular formula is C21H20N6O. The number of nitrogens with zero attached hydrogens (tertiary/aromatic N) is 5. The molecule has 0 fully saturated rings. The Morgan fingerprint density at radius 2 is 1.82 bits per heavy atom. The van der Waals surface area contributed by atoms with Crippen molar-refractivity contribution in [3.05, 3.63) is 60.9 Å². The predicted molar refractivity (Wildman–Crippen MR) is 108 cm³/mol. The highest BCUT2D eigenvalue weighted by Crippen LogP contribution is 2.24. The van der Waals surface area contributed by atoms with Gasteiger partial charge in [-0.15, -0.1) is 10.2 Å². The number of amides is 1. The Hall–Kier alpha value is -3.61. The van der Waals surface area contributed by atoms with Gasteiger partial charge < -0.3 is 5.32 Å². The first-order chi connectivity index (χ1) is 13.4. The normalized spacial score (nSPS) is 11.5. The van der Waals surface area contributed by atoms with E-state index >= 15 is 0 Å². The van der Waals surface area contributed by atoms with E-state index in [4.69, 9.17) is 5.10 Å². The van der Waals surface area contributed by atoms with Crippen LogP contribution in [0, 0.1) is 5.41 Å². The fourth-order valence-corrected chi connectivity index (χ4v) is 2.69. The lowest BCUT2D eigenvalue weighted by Gasteiger charge is -2.18. The first-order valence-electron chi connectivity index (χ1n) is 8.96. The molecule has 0 saturated carbocycles. The lowest BCUT2D eigenvalue weighted by atomic mass is 9.95. The summed E-state index contributed by atoms with van der Waals surface area (Å²) in [4.78, 5) is 16.4. The molecule has 7 heteroatoms. The average molecular weight is 372 g/mol. The molecule has 3 aromatic heterocycles. The average Bonchev–Trinajstić information content (AvgIpc) is 3.11. The third-order valence-electron chi connectivity index (χ3n) is 4.28. The summed E-state index contributed by atoms with van der Waals surface area (Å²) >= 11 is 0. The number of aromatic nitrogens is 5. The van der Waals surface area contributed by atoms with Crippen LogP contribution in [0.2, 0.25) is 0 Å². The standard InChI is InChI=1S/C21H20N6O/c1-21(2,3)20(28)23-16-8-4-6-14(12-16)17-9-10-18-24-25-19(27(18)26-17)15-7-5-11-22-13-15/h4-13H,1-3H3,(H,23,28). The minimum Gasteiger partial charge on any atom is -0.326 e. The fourth-order valence-electron chi connectivity index (χ4n) is 2.69. The minimum absolute atomic E-state index is 0.0364. The number of anilines is 1. The van der Waals surface area contributed by atoms with Crippen LogP contribution in [-0.4, -0.2) is 30.7 Å². The quantitative estimate of drug-likeness (QED) is 0.591. The minimum atomic E-state index is -0.464. The molecule has 4 rings (SSSR count). The van der Waals surface area contributed by atoms with Crippen LogP contribution in [0.5, 0.6) is 0 Å². The molecule has 0 radical (unpaired) electrons. The summed E-state index contributed by atoms with van der Waals surface area (Å²) in [6.45, 7) is 5.65. The molecule has 0 atom stereocenters. The maximum atomic E-state index is 12.3. The highest BCUT2D eigenvalue weighted by Gasteiger charge is 2.21. The zero-order valence-electron chi connectivity index (χ0n) is 15.9. The topological polar surface area (TPSA) is 85.1 Å². The van der Waals surface area contributed by atoms with Gasteiger partial charge in [-0.25, -0.2) is 0 Å². The monoisotopic (exact) mass is 372 g/mol. The van der Waals surface area contributed by atoms with Gasteiger partial charge in [0.25, 0.3) is 0 Å². The molecule has 1 N–H and O–H groups in total. The van der Waals surface area contributed by atoms with Crippen molar-refractivity contribution in [1.29, 1.82) is 0 Å². The number of pyridine rings is 1. The van der Waals surface area contributed by atoms with Gasteiger partial charge in [0, 0.05) is 34.6 Å². The third kappa shape index (κ3) is 3.46. The van der Waals surface area contributed by atoms with E-state index in [0.717, 1.165) is 22.5 Å². The molecule has 1 aromatic carbocycles. The Kier molecular flexibility index (Phi) is 4.35. The molecule has 28 heavy (non-hydrogen) atoms. The van der Waals surface area contributed by atoms with E-state index in [2.05, 4.69) is 20.5 Å². The van der Waals surface area contributed by atoms with Crippen molar-refractivity contribution in [2.24, 2.45) is 5.41 Å². The van der Waals surface area contributed by atoms with Gasteiger partial charge in [0.05, 0.1) is 5.69 Å². The number of nitrogens with one attached hydrogen (secondary N) is 1. The highest BCUT2D eigenvalue weighted by molar-refractivity contribution is 5.95. The lowest BCUT2D eigenvalue weighted by Crippen LogP contribution is -2.27. The van der Waals surface area contributed by atoms with Crippen LogP contribution in [0.25, 0.3) is 28.3 Å². The van der Waals surface area contributed by atoms with E-state index in [1.165, 1.54) is 0 Å². The van der Waals surface area contributed by atoms with Crippen LogP contribution in [0.1, 0.15) is 20.8 Å². The van der Waals surface area contributed by atoms with Crippen LogP contribution < -0.4 is 5.32 Å². The molecule has 1 amide bonds. The Balaban J connectivity index is 1.72. The van der Waals surface area contributed by atoms with Gasteiger partial charge in [-0.2, -0.15) is 9.61 Å². The summed E-state index contributed by atoms with van der Waals surface area (Å²) in [5.74, 6) is 0.591. The van der Waals surface area contributed by atoms with Gasteiger partial charge in [-0.1, -0.05) is 32.9 Å². The largest absolute Gasteiger partial charge is 0.326 e. The van der Waals surface area contributed by atoms with Gasteiger partial charge in [-0.3, -0.25) is 9.78 Å². The van der Waals surface area contributed by atoms with E-state index in [0.29, 0.717) is 11.5 Å². The van der Waals surface area contributed by atoms with Crippen molar-refractivity contribution in [2.75, 3.05) is 5.32 Å². The maximum Gasteiger partial charge on any atom is 0.229 e. The Labute approximate surface area is 162 Å². The summed E-state index contributed by atoms with van der Waals surface area (Å²) < 4.78 is 1.70. The molecule has 7 nitrogen and oxygen atoms in total. The van der Waals surface area contributed by atoms with Crippen LogP contribution in [0.15, 0.2) is 60.9 Å². The molecule has 0 spiro atoms. The van der Waals surface area contributed by atoms with Crippen LogP contribution in [-0.2, 0) is 4.79 Å². The number of rotatable bonds is 3. The smallest absolute Gasteiger partial charge is 0.229 e. The molecule has 4 aromatic rings. The Bertz CT molecular complexity index is 1140. The van der Waals surface area contributed by atoms with Crippen LogP contribution in [0.4, 0.5) is 5.69 Å². The van der Waals surface area contributed by atoms with Crippen molar-refractivity contribution < 1.29 is 4.79 Å². The summed E-state index contributed by atoms with van der Waals surface area (Å²) in [5.41, 5.74) is 3.40. The molecule has 140 valence electrons. The molecule has 0 aliphatic rings. The summed E-state index contributed by atoms with van der Waals surface area (Å²) in [5, 5.41) is 16.1. The molecule has 3 heterocycles. The molecule has 0 aliphatic heterocycles. The van der Waals surface area contributed by atoms with Crippen molar-refractivity contribution in [3.8, 4) is 22.6 Å².